The monoisotopic (exact) mass is 524 g/mol. The summed E-state index contributed by atoms with van der Waals surface area (Å²) >= 11 is 0. The third kappa shape index (κ3) is 6.70. The van der Waals surface area contributed by atoms with Crippen molar-refractivity contribution in [3.05, 3.63) is 52.8 Å². The summed E-state index contributed by atoms with van der Waals surface area (Å²) < 4.78 is 2.08. The second kappa shape index (κ2) is 12.3. The molecular weight excluding hydrogens is 487 g/mol. The van der Waals surface area contributed by atoms with Crippen LogP contribution in [0.5, 0.6) is 0 Å². The first-order chi connectivity index (χ1) is 14.1. The van der Waals surface area contributed by atoms with Gasteiger partial charge in [-0.25, -0.2) is 0 Å². The van der Waals surface area contributed by atoms with Crippen LogP contribution in [-0.4, -0.2) is 53.4 Å². The Morgan fingerprint density at radius 2 is 1.97 bits per heavy atom. The number of hydrogen-bond donors (Lipinski definition) is 2. The van der Waals surface area contributed by atoms with Crippen molar-refractivity contribution in [2.45, 2.75) is 59.2 Å². The Morgan fingerprint density at radius 1 is 1.20 bits per heavy atom. The Bertz CT molecular complexity index is 816. The van der Waals surface area contributed by atoms with Gasteiger partial charge in [-0.3, -0.25) is 14.6 Å². The summed E-state index contributed by atoms with van der Waals surface area (Å²) in [5.41, 5.74) is 5.29. The summed E-state index contributed by atoms with van der Waals surface area (Å²) in [5.74, 6) is 0.884. The smallest absolute Gasteiger partial charge is 0.191 e. The fourth-order valence-electron chi connectivity index (χ4n) is 4.13. The number of hydrogen-bond acceptors (Lipinski definition) is 3. The molecule has 0 fully saturated rings. The highest BCUT2D eigenvalue weighted by Gasteiger charge is 2.22. The highest BCUT2D eigenvalue weighted by atomic mass is 127. The number of aromatic nitrogens is 2. The minimum absolute atomic E-state index is 0. The van der Waals surface area contributed by atoms with E-state index >= 15 is 0 Å². The topological polar surface area (TPSA) is 57.5 Å². The van der Waals surface area contributed by atoms with E-state index in [4.69, 9.17) is 0 Å². The minimum atomic E-state index is 0. The van der Waals surface area contributed by atoms with E-state index in [0.29, 0.717) is 6.04 Å². The lowest BCUT2D eigenvalue weighted by molar-refractivity contribution is 0.174. The van der Waals surface area contributed by atoms with E-state index in [1.807, 2.05) is 14.0 Å². The summed E-state index contributed by atoms with van der Waals surface area (Å²) in [7, 11) is 1.84. The van der Waals surface area contributed by atoms with Crippen LogP contribution in [0.25, 0.3) is 0 Å². The van der Waals surface area contributed by atoms with Crippen LogP contribution in [0.4, 0.5) is 0 Å². The van der Waals surface area contributed by atoms with Gasteiger partial charge in [-0.15, -0.1) is 24.0 Å². The number of nitrogens with one attached hydrogen (secondary N) is 2. The van der Waals surface area contributed by atoms with Crippen molar-refractivity contribution in [3.63, 3.8) is 0 Å². The van der Waals surface area contributed by atoms with E-state index < -0.39 is 0 Å². The number of fused-ring (bicyclic) bond motifs is 1. The molecule has 166 valence electrons. The Kier molecular flexibility index (Phi) is 10.1. The molecule has 0 spiro atoms. The molecule has 0 radical (unpaired) electrons. The lowest BCUT2D eigenvalue weighted by Crippen LogP contribution is -2.48. The molecule has 2 aromatic rings. The van der Waals surface area contributed by atoms with E-state index in [1.165, 1.54) is 16.8 Å². The fraction of sp³-hybridized carbons (Fsp3) is 0.565. The molecule has 0 saturated heterocycles. The van der Waals surface area contributed by atoms with E-state index in [9.17, 15) is 0 Å². The van der Waals surface area contributed by atoms with E-state index in [2.05, 4.69) is 74.5 Å². The van der Waals surface area contributed by atoms with Gasteiger partial charge in [0.2, 0.25) is 0 Å². The number of nitrogens with zero attached hydrogens (tertiary/aromatic N) is 4. The average molecular weight is 524 g/mol. The first kappa shape index (κ1) is 24.7. The van der Waals surface area contributed by atoms with Crippen LogP contribution in [0.3, 0.4) is 0 Å². The maximum absolute atomic E-state index is 4.52. The lowest BCUT2D eigenvalue weighted by atomic mass is 9.98. The lowest BCUT2D eigenvalue weighted by Gasteiger charge is -2.35. The molecule has 1 aromatic carbocycles. The van der Waals surface area contributed by atoms with Gasteiger partial charge in [0.15, 0.2) is 5.96 Å². The highest BCUT2D eigenvalue weighted by molar-refractivity contribution is 14.0. The summed E-state index contributed by atoms with van der Waals surface area (Å²) in [6, 6.07) is 11.5. The van der Waals surface area contributed by atoms with Gasteiger partial charge in [-0.2, -0.15) is 5.10 Å². The predicted octanol–water partition coefficient (Wildman–Crippen LogP) is 3.51. The highest BCUT2D eigenvalue weighted by Crippen LogP contribution is 2.21. The zero-order valence-electron chi connectivity index (χ0n) is 18.8. The van der Waals surface area contributed by atoms with E-state index in [1.54, 1.807) is 0 Å². The van der Waals surface area contributed by atoms with Crippen molar-refractivity contribution in [1.29, 1.82) is 0 Å². The van der Waals surface area contributed by atoms with Gasteiger partial charge in [0.25, 0.3) is 0 Å². The van der Waals surface area contributed by atoms with Crippen LogP contribution < -0.4 is 10.6 Å². The van der Waals surface area contributed by atoms with Gasteiger partial charge in [0.1, 0.15) is 0 Å². The zero-order chi connectivity index (χ0) is 20.6. The third-order valence-corrected chi connectivity index (χ3v) is 5.82. The van der Waals surface area contributed by atoms with E-state index in [0.717, 1.165) is 63.6 Å². The van der Waals surface area contributed by atoms with Crippen LogP contribution in [0, 0.1) is 13.8 Å². The molecule has 1 unspecified atom stereocenters. The third-order valence-electron chi connectivity index (χ3n) is 5.82. The molecule has 1 aliphatic rings. The molecule has 2 N–H and O–H groups in total. The molecule has 1 atom stereocenters. The second-order valence-electron chi connectivity index (χ2n) is 7.93. The van der Waals surface area contributed by atoms with Crippen molar-refractivity contribution < 1.29 is 0 Å². The predicted molar refractivity (Wildman–Crippen MR) is 136 cm³/mol. The molecule has 1 aromatic heterocycles. The normalized spacial score (nSPS) is 15.3. The van der Waals surface area contributed by atoms with Crippen LogP contribution in [0.15, 0.2) is 35.3 Å². The van der Waals surface area contributed by atoms with Gasteiger partial charge < -0.3 is 10.6 Å². The zero-order valence-corrected chi connectivity index (χ0v) is 21.1. The van der Waals surface area contributed by atoms with Crippen LogP contribution in [0.2, 0.25) is 0 Å². The molecule has 3 rings (SSSR count). The molecule has 0 bridgehead atoms. The van der Waals surface area contributed by atoms with Crippen LogP contribution >= 0.6 is 24.0 Å². The standard InChI is InChI=1S/C23H36N6.HI/c1-5-22(28-14-11-20-9-6-7-10-21(20)17-28)16-26-23(24-4)25-12-8-13-29-19(3)15-18(2)27-29;/h6-7,9-10,15,22H,5,8,11-14,16-17H2,1-4H3,(H2,24,25,26);1H. The first-order valence-electron chi connectivity index (χ1n) is 10.9. The Balaban J connectivity index is 0.00000320. The Hall–Kier alpha value is -1.61. The molecule has 1 aliphatic heterocycles. The van der Waals surface area contributed by atoms with Gasteiger partial charge in [0, 0.05) is 51.5 Å². The number of benzene rings is 1. The molecule has 0 aliphatic carbocycles. The molecule has 30 heavy (non-hydrogen) atoms. The fourth-order valence-corrected chi connectivity index (χ4v) is 4.13. The quantitative estimate of drug-likeness (QED) is 0.240. The molecular formula is C23H37IN6. The molecule has 2 heterocycles. The molecule has 0 amide bonds. The number of halogens is 1. The summed E-state index contributed by atoms with van der Waals surface area (Å²) in [4.78, 5) is 7.00. The van der Waals surface area contributed by atoms with Crippen molar-refractivity contribution in [2.24, 2.45) is 4.99 Å². The van der Waals surface area contributed by atoms with Gasteiger partial charge in [-0.1, -0.05) is 31.2 Å². The first-order valence-corrected chi connectivity index (χ1v) is 10.9. The Morgan fingerprint density at radius 3 is 2.63 bits per heavy atom. The maximum atomic E-state index is 4.52. The number of aliphatic imine (C=N–C) groups is 1. The molecule has 0 saturated carbocycles. The van der Waals surface area contributed by atoms with Crippen molar-refractivity contribution in [3.8, 4) is 0 Å². The van der Waals surface area contributed by atoms with Gasteiger partial charge in [0.05, 0.1) is 5.69 Å². The van der Waals surface area contributed by atoms with E-state index in [-0.39, 0.29) is 24.0 Å². The Labute approximate surface area is 198 Å². The largest absolute Gasteiger partial charge is 0.356 e. The van der Waals surface area contributed by atoms with Gasteiger partial charge in [-0.05, 0) is 50.3 Å². The van der Waals surface area contributed by atoms with Crippen molar-refractivity contribution >= 4 is 29.9 Å². The number of guanidine groups is 1. The summed E-state index contributed by atoms with van der Waals surface area (Å²) in [6.45, 7) is 11.3. The van der Waals surface area contributed by atoms with Crippen LogP contribution in [-0.2, 0) is 19.5 Å². The number of rotatable bonds is 8. The van der Waals surface area contributed by atoms with Crippen molar-refractivity contribution in [2.75, 3.05) is 26.7 Å². The second-order valence-corrected chi connectivity index (χ2v) is 7.93. The summed E-state index contributed by atoms with van der Waals surface area (Å²) in [5, 5.41) is 11.5. The SMILES string of the molecule is CCC(CNC(=NC)NCCCn1nc(C)cc1C)N1CCc2ccccc2C1.I. The van der Waals surface area contributed by atoms with Crippen molar-refractivity contribution in [1.82, 2.24) is 25.3 Å². The maximum Gasteiger partial charge on any atom is 0.191 e. The van der Waals surface area contributed by atoms with Gasteiger partial charge >= 0.3 is 0 Å². The molecule has 7 heteroatoms. The summed E-state index contributed by atoms with van der Waals surface area (Å²) in [6.07, 6.45) is 3.29. The molecule has 6 nitrogen and oxygen atoms in total. The minimum Gasteiger partial charge on any atom is -0.356 e. The average Bonchev–Trinajstić information content (AvgIpc) is 3.06. The van der Waals surface area contributed by atoms with Crippen LogP contribution in [0.1, 0.15) is 42.3 Å². The number of aryl methyl sites for hydroxylation is 3.